The fraction of sp³-hybridized carbons (Fsp3) is 0.417. The average Bonchev–Trinajstić information content (AvgIpc) is 2.12. The molecule has 0 aromatic heterocycles. The third kappa shape index (κ3) is 2.32. The molecule has 1 aromatic rings. The number of hydrogen-bond acceptors (Lipinski definition) is 2. The van der Waals surface area contributed by atoms with E-state index in [1.165, 1.54) is 12.1 Å². The maximum absolute atomic E-state index is 13.3. The van der Waals surface area contributed by atoms with Crippen LogP contribution in [0.25, 0.3) is 0 Å². The Morgan fingerprint density at radius 2 is 1.94 bits per heavy atom. The SMILES string of the molecule is Cc1cc(F)c(O)c(C(C(=O)O)C(C)C)c1. The van der Waals surface area contributed by atoms with Crippen molar-refractivity contribution in [2.24, 2.45) is 5.92 Å². The summed E-state index contributed by atoms with van der Waals surface area (Å²) in [6.07, 6.45) is 0. The van der Waals surface area contributed by atoms with E-state index in [2.05, 4.69) is 0 Å². The Kier molecular flexibility index (Phi) is 3.52. The number of carboxylic acids is 1. The van der Waals surface area contributed by atoms with Crippen molar-refractivity contribution in [3.8, 4) is 5.75 Å². The summed E-state index contributed by atoms with van der Waals surface area (Å²) < 4.78 is 13.3. The van der Waals surface area contributed by atoms with E-state index in [1.54, 1.807) is 20.8 Å². The number of carbonyl (C=O) groups is 1. The van der Waals surface area contributed by atoms with Crippen LogP contribution in [0.3, 0.4) is 0 Å². The van der Waals surface area contributed by atoms with E-state index in [4.69, 9.17) is 5.11 Å². The Bertz CT molecular complexity index is 413. The van der Waals surface area contributed by atoms with Crippen molar-refractivity contribution < 1.29 is 19.4 Å². The van der Waals surface area contributed by atoms with Crippen LogP contribution < -0.4 is 0 Å². The number of hydrogen-bond donors (Lipinski definition) is 2. The van der Waals surface area contributed by atoms with Crippen molar-refractivity contribution in [1.29, 1.82) is 0 Å². The smallest absolute Gasteiger partial charge is 0.311 e. The van der Waals surface area contributed by atoms with Crippen LogP contribution in [0.1, 0.15) is 30.9 Å². The molecule has 0 bridgehead atoms. The number of phenolic OH excluding ortho intramolecular Hbond substituents is 1. The summed E-state index contributed by atoms with van der Waals surface area (Å²) in [4.78, 5) is 11.1. The van der Waals surface area contributed by atoms with Gasteiger partial charge in [0, 0.05) is 5.56 Å². The van der Waals surface area contributed by atoms with Gasteiger partial charge in [0.2, 0.25) is 0 Å². The highest BCUT2D eigenvalue weighted by Gasteiger charge is 2.27. The molecule has 1 unspecified atom stereocenters. The molecule has 0 aliphatic rings. The molecule has 0 aliphatic carbocycles. The zero-order chi connectivity index (χ0) is 12.5. The number of halogens is 1. The summed E-state index contributed by atoms with van der Waals surface area (Å²) >= 11 is 0. The average molecular weight is 226 g/mol. The fourth-order valence-electron chi connectivity index (χ4n) is 1.78. The van der Waals surface area contributed by atoms with Crippen LogP contribution in [0.15, 0.2) is 12.1 Å². The van der Waals surface area contributed by atoms with Crippen LogP contribution in [0.4, 0.5) is 4.39 Å². The van der Waals surface area contributed by atoms with E-state index in [0.717, 1.165) is 0 Å². The van der Waals surface area contributed by atoms with Gasteiger partial charge in [-0.05, 0) is 24.5 Å². The fourth-order valence-corrected chi connectivity index (χ4v) is 1.78. The number of phenols is 1. The summed E-state index contributed by atoms with van der Waals surface area (Å²) in [6.45, 7) is 5.10. The van der Waals surface area contributed by atoms with Crippen molar-refractivity contribution in [1.82, 2.24) is 0 Å². The van der Waals surface area contributed by atoms with Crippen molar-refractivity contribution >= 4 is 5.97 Å². The second-order valence-corrected chi connectivity index (χ2v) is 4.24. The van der Waals surface area contributed by atoms with Gasteiger partial charge in [0.15, 0.2) is 11.6 Å². The van der Waals surface area contributed by atoms with Gasteiger partial charge in [-0.15, -0.1) is 0 Å². The molecule has 0 radical (unpaired) electrons. The molecule has 0 fully saturated rings. The first kappa shape index (κ1) is 12.5. The van der Waals surface area contributed by atoms with Gasteiger partial charge >= 0.3 is 5.97 Å². The highest BCUT2D eigenvalue weighted by molar-refractivity contribution is 5.77. The van der Waals surface area contributed by atoms with Crippen LogP contribution in [-0.2, 0) is 4.79 Å². The third-order valence-corrected chi connectivity index (χ3v) is 2.51. The summed E-state index contributed by atoms with van der Waals surface area (Å²) in [5.74, 6) is -3.51. The molecule has 0 heterocycles. The van der Waals surface area contributed by atoms with Crippen LogP contribution in [0, 0.1) is 18.7 Å². The normalized spacial score (nSPS) is 12.8. The Morgan fingerprint density at radius 3 is 2.38 bits per heavy atom. The minimum atomic E-state index is -1.06. The molecule has 0 saturated carbocycles. The third-order valence-electron chi connectivity index (χ3n) is 2.51. The lowest BCUT2D eigenvalue weighted by Crippen LogP contribution is -2.18. The van der Waals surface area contributed by atoms with Gasteiger partial charge in [-0.2, -0.15) is 0 Å². The van der Waals surface area contributed by atoms with Crippen LogP contribution in [0.5, 0.6) is 5.75 Å². The lowest BCUT2D eigenvalue weighted by Gasteiger charge is -2.18. The number of rotatable bonds is 3. The van der Waals surface area contributed by atoms with Gasteiger partial charge in [0.25, 0.3) is 0 Å². The Labute approximate surface area is 93.5 Å². The Balaban J connectivity index is 3.34. The quantitative estimate of drug-likeness (QED) is 0.833. The second kappa shape index (κ2) is 4.51. The first-order valence-electron chi connectivity index (χ1n) is 5.06. The minimum Gasteiger partial charge on any atom is -0.505 e. The Hall–Kier alpha value is -1.58. The topological polar surface area (TPSA) is 57.5 Å². The molecule has 4 heteroatoms. The first-order valence-corrected chi connectivity index (χ1v) is 5.06. The zero-order valence-corrected chi connectivity index (χ0v) is 9.49. The lowest BCUT2D eigenvalue weighted by molar-refractivity contribution is -0.139. The van der Waals surface area contributed by atoms with Gasteiger partial charge in [-0.1, -0.05) is 19.9 Å². The Morgan fingerprint density at radius 1 is 1.38 bits per heavy atom. The molecule has 88 valence electrons. The molecule has 1 aromatic carbocycles. The predicted octanol–water partition coefficient (Wildman–Crippen LogP) is 2.66. The molecule has 0 aliphatic heterocycles. The molecule has 2 N–H and O–H groups in total. The van der Waals surface area contributed by atoms with Gasteiger partial charge in [0.05, 0.1) is 5.92 Å². The minimum absolute atomic E-state index is 0.139. The largest absolute Gasteiger partial charge is 0.505 e. The van der Waals surface area contributed by atoms with Gasteiger partial charge in [-0.25, -0.2) is 4.39 Å². The second-order valence-electron chi connectivity index (χ2n) is 4.24. The maximum Gasteiger partial charge on any atom is 0.311 e. The standard InChI is InChI=1S/C12H15FO3/c1-6(2)10(12(15)16)8-4-7(3)5-9(13)11(8)14/h4-6,10,14H,1-3H3,(H,15,16). The highest BCUT2D eigenvalue weighted by Crippen LogP contribution is 2.34. The van der Waals surface area contributed by atoms with Crippen molar-refractivity contribution in [2.45, 2.75) is 26.7 Å². The molecule has 1 rings (SSSR count). The number of benzene rings is 1. The molecule has 3 nitrogen and oxygen atoms in total. The molecule has 1 atom stereocenters. The summed E-state index contributed by atoms with van der Waals surface area (Å²) in [7, 11) is 0. The van der Waals surface area contributed by atoms with E-state index in [0.29, 0.717) is 5.56 Å². The van der Waals surface area contributed by atoms with Crippen molar-refractivity contribution in [2.75, 3.05) is 0 Å². The number of carboxylic acid groups (broad SMARTS) is 1. The van der Waals surface area contributed by atoms with Crippen LogP contribution in [-0.4, -0.2) is 16.2 Å². The summed E-state index contributed by atoms with van der Waals surface area (Å²) in [6, 6.07) is 2.69. The van der Waals surface area contributed by atoms with Crippen molar-refractivity contribution in [3.63, 3.8) is 0 Å². The van der Waals surface area contributed by atoms with Gasteiger partial charge in [-0.3, -0.25) is 4.79 Å². The molecule has 16 heavy (non-hydrogen) atoms. The lowest BCUT2D eigenvalue weighted by atomic mass is 9.87. The number of aryl methyl sites for hydroxylation is 1. The van der Waals surface area contributed by atoms with Crippen LogP contribution in [0.2, 0.25) is 0 Å². The number of aliphatic carboxylic acids is 1. The highest BCUT2D eigenvalue weighted by atomic mass is 19.1. The van der Waals surface area contributed by atoms with E-state index in [-0.39, 0.29) is 11.5 Å². The molecule has 0 saturated heterocycles. The zero-order valence-electron chi connectivity index (χ0n) is 9.49. The monoisotopic (exact) mass is 226 g/mol. The predicted molar refractivity (Wildman–Crippen MR) is 58.0 cm³/mol. The van der Waals surface area contributed by atoms with Crippen LogP contribution >= 0.6 is 0 Å². The van der Waals surface area contributed by atoms with Crippen molar-refractivity contribution in [3.05, 3.63) is 29.1 Å². The molecule has 0 spiro atoms. The van der Waals surface area contributed by atoms with E-state index in [1.807, 2.05) is 0 Å². The van der Waals surface area contributed by atoms with E-state index >= 15 is 0 Å². The van der Waals surface area contributed by atoms with E-state index in [9.17, 15) is 14.3 Å². The molecular formula is C12H15FO3. The molecular weight excluding hydrogens is 211 g/mol. The van der Waals surface area contributed by atoms with E-state index < -0.39 is 23.5 Å². The van der Waals surface area contributed by atoms with Gasteiger partial charge < -0.3 is 10.2 Å². The maximum atomic E-state index is 13.3. The first-order chi connectivity index (χ1) is 7.34. The summed E-state index contributed by atoms with van der Waals surface area (Å²) in [5.41, 5.74) is 0.734. The molecule has 0 amide bonds. The van der Waals surface area contributed by atoms with Gasteiger partial charge in [0.1, 0.15) is 0 Å². The summed E-state index contributed by atoms with van der Waals surface area (Å²) in [5, 5.41) is 18.6. The number of aromatic hydroxyl groups is 1.